The van der Waals surface area contributed by atoms with Crippen LogP contribution < -0.4 is 10.6 Å². The minimum atomic E-state index is -0.566. The number of amidine groups is 1. The molecular weight excluding hydrogens is 396 g/mol. The van der Waals surface area contributed by atoms with Gasteiger partial charge in [-0.3, -0.25) is 9.59 Å². The number of benzene rings is 2. The van der Waals surface area contributed by atoms with E-state index in [2.05, 4.69) is 27.8 Å². The monoisotopic (exact) mass is 414 g/mol. The van der Waals surface area contributed by atoms with Crippen LogP contribution in [0.15, 0.2) is 58.7 Å². The maximum atomic E-state index is 12.5. The van der Waals surface area contributed by atoms with Crippen molar-refractivity contribution in [2.45, 2.75) is 25.0 Å². The predicted molar refractivity (Wildman–Crippen MR) is 115 cm³/mol. The topological polar surface area (TPSA) is 82.9 Å². The molecule has 3 rings (SSSR count). The lowest BCUT2D eigenvalue weighted by Crippen LogP contribution is -2.41. The van der Waals surface area contributed by atoms with Crippen molar-refractivity contribution in [1.29, 1.82) is 0 Å². The number of halogens is 1. The van der Waals surface area contributed by atoms with E-state index in [1.54, 1.807) is 30.5 Å². The number of aryl methyl sites for hydroxylation is 1. The molecule has 0 bridgehead atoms. The number of hydrogen-bond donors (Lipinski definition) is 2. The third-order valence-corrected chi connectivity index (χ3v) is 5.34. The van der Waals surface area contributed by atoms with Crippen molar-refractivity contribution in [2.24, 2.45) is 10.2 Å². The van der Waals surface area contributed by atoms with E-state index >= 15 is 0 Å². The smallest absolute Gasteiger partial charge is 0.238 e. The fourth-order valence-corrected chi connectivity index (χ4v) is 3.55. The van der Waals surface area contributed by atoms with Gasteiger partial charge in [-0.1, -0.05) is 54.6 Å². The Kier molecular flexibility index (Phi) is 6.84. The molecule has 2 N–H and O–H groups in total. The molecule has 1 aliphatic heterocycles. The van der Waals surface area contributed by atoms with Crippen molar-refractivity contribution in [3.63, 3.8) is 0 Å². The Hall–Kier alpha value is -2.64. The van der Waals surface area contributed by atoms with Gasteiger partial charge in [0.1, 0.15) is 5.25 Å². The van der Waals surface area contributed by atoms with Crippen LogP contribution in [0.2, 0.25) is 5.02 Å². The number of carbonyl (C=O) groups is 2. The van der Waals surface area contributed by atoms with Crippen LogP contribution in [0.4, 0.5) is 5.69 Å². The van der Waals surface area contributed by atoms with Crippen molar-refractivity contribution < 1.29 is 9.59 Å². The molecule has 1 fully saturated rings. The molecular formula is C20H19ClN4O2S. The lowest BCUT2D eigenvalue weighted by Gasteiger charge is -2.21. The van der Waals surface area contributed by atoms with Gasteiger partial charge in [0.15, 0.2) is 5.17 Å². The molecule has 6 nitrogen and oxygen atoms in total. The summed E-state index contributed by atoms with van der Waals surface area (Å²) in [6.07, 6.45) is 2.57. The molecule has 8 heteroatoms. The molecule has 1 heterocycles. The molecule has 28 heavy (non-hydrogen) atoms. The van der Waals surface area contributed by atoms with Gasteiger partial charge in [-0.05, 0) is 41.8 Å². The Labute approximate surface area is 172 Å². The summed E-state index contributed by atoms with van der Waals surface area (Å²) >= 11 is 7.02. The first-order valence-electron chi connectivity index (χ1n) is 8.76. The third kappa shape index (κ3) is 5.68. The van der Waals surface area contributed by atoms with E-state index in [-0.39, 0.29) is 18.2 Å². The van der Waals surface area contributed by atoms with Crippen molar-refractivity contribution in [2.75, 3.05) is 5.32 Å². The van der Waals surface area contributed by atoms with Gasteiger partial charge in [0.05, 0.1) is 6.21 Å². The third-order valence-electron chi connectivity index (χ3n) is 4.02. The maximum Gasteiger partial charge on any atom is 0.238 e. The summed E-state index contributed by atoms with van der Waals surface area (Å²) < 4.78 is 0. The van der Waals surface area contributed by atoms with Crippen molar-refractivity contribution >= 4 is 52.2 Å². The van der Waals surface area contributed by atoms with E-state index in [1.807, 2.05) is 24.3 Å². The summed E-state index contributed by atoms with van der Waals surface area (Å²) in [5.74, 6) is -0.501. The summed E-state index contributed by atoms with van der Waals surface area (Å²) in [6.45, 7) is 2.07. The zero-order chi connectivity index (χ0) is 19.9. The number of amides is 2. The van der Waals surface area contributed by atoms with Gasteiger partial charge in [0.2, 0.25) is 11.8 Å². The van der Waals surface area contributed by atoms with E-state index in [4.69, 9.17) is 11.6 Å². The van der Waals surface area contributed by atoms with Gasteiger partial charge in [0.25, 0.3) is 0 Å². The SMILES string of the molecule is CCc1ccc(NC(=O)[C@H]2CC(=O)NC(=NN=Cc3ccc(Cl)cc3)S2)cc1. The van der Waals surface area contributed by atoms with E-state index in [9.17, 15) is 9.59 Å². The van der Waals surface area contributed by atoms with E-state index in [0.29, 0.717) is 15.9 Å². The van der Waals surface area contributed by atoms with Crippen LogP contribution in [0.25, 0.3) is 0 Å². The lowest BCUT2D eigenvalue weighted by atomic mass is 10.1. The van der Waals surface area contributed by atoms with Gasteiger partial charge in [-0.2, -0.15) is 5.10 Å². The molecule has 144 valence electrons. The molecule has 2 aromatic carbocycles. The van der Waals surface area contributed by atoms with Crippen LogP contribution in [0.5, 0.6) is 0 Å². The summed E-state index contributed by atoms with van der Waals surface area (Å²) in [5, 5.41) is 13.8. The first kappa shape index (κ1) is 20.1. The van der Waals surface area contributed by atoms with Crippen molar-refractivity contribution in [3.8, 4) is 0 Å². The van der Waals surface area contributed by atoms with Gasteiger partial charge in [-0.25, -0.2) is 0 Å². The van der Waals surface area contributed by atoms with Crippen molar-refractivity contribution in [3.05, 3.63) is 64.7 Å². The Morgan fingerprint density at radius 2 is 1.96 bits per heavy atom. The minimum Gasteiger partial charge on any atom is -0.325 e. The highest BCUT2D eigenvalue weighted by Crippen LogP contribution is 2.22. The van der Waals surface area contributed by atoms with Gasteiger partial charge in [0, 0.05) is 17.1 Å². The molecule has 0 aromatic heterocycles. The maximum absolute atomic E-state index is 12.5. The number of carbonyl (C=O) groups excluding carboxylic acids is 2. The molecule has 0 radical (unpaired) electrons. The number of thioether (sulfide) groups is 1. The average molecular weight is 415 g/mol. The zero-order valence-corrected chi connectivity index (χ0v) is 16.8. The average Bonchev–Trinajstić information content (AvgIpc) is 2.69. The van der Waals surface area contributed by atoms with Crippen LogP contribution in [0, 0.1) is 0 Å². The number of rotatable bonds is 5. The van der Waals surface area contributed by atoms with Crippen LogP contribution in [-0.2, 0) is 16.0 Å². The van der Waals surface area contributed by atoms with Gasteiger partial charge < -0.3 is 10.6 Å². The molecule has 1 aliphatic rings. The minimum absolute atomic E-state index is 0.0868. The lowest BCUT2D eigenvalue weighted by molar-refractivity contribution is -0.123. The zero-order valence-electron chi connectivity index (χ0n) is 15.2. The Balaban J connectivity index is 1.63. The van der Waals surface area contributed by atoms with E-state index in [0.717, 1.165) is 12.0 Å². The Bertz CT molecular complexity index is 911. The fraction of sp³-hybridized carbons (Fsp3) is 0.200. The first-order chi connectivity index (χ1) is 13.5. The van der Waals surface area contributed by atoms with Crippen LogP contribution in [-0.4, -0.2) is 28.4 Å². The Morgan fingerprint density at radius 1 is 1.25 bits per heavy atom. The number of nitrogens with zero attached hydrogens (tertiary/aromatic N) is 2. The highest BCUT2D eigenvalue weighted by molar-refractivity contribution is 8.15. The first-order valence-corrected chi connectivity index (χ1v) is 10.0. The molecule has 2 amide bonds. The van der Waals surface area contributed by atoms with E-state index < -0.39 is 5.25 Å². The molecule has 1 saturated heterocycles. The number of anilines is 1. The van der Waals surface area contributed by atoms with Crippen molar-refractivity contribution in [1.82, 2.24) is 5.32 Å². The Morgan fingerprint density at radius 3 is 2.64 bits per heavy atom. The van der Waals surface area contributed by atoms with E-state index in [1.165, 1.54) is 17.3 Å². The molecule has 2 aromatic rings. The second kappa shape index (κ2) is 9.52. The second-order valence-corrected chi connectivity index (χ2v) is 7.73. The molecule has 0 saturated carbocycles. The normalized spacial score (nSPS) is 18.3. The molecule has 0 aliphatic carbocycles. The summed E-state index contributed by atoms with van der Waals surface area (Å²) in [4.78, 5) is 24.5. The predicted octanol–water partition coefficient (Wildman–Crippen LogP) is 3.85. The summed E-state index contributed by atoms with van der Waals surface area (Å²) in [5.41, 5.74) is 2.72. The largest absolute Gasteiger partial charge is 0.325 e. The molecule has 0 spiro atoms. The summed E-state index contributed by atoms with van der Waals surface area (Å²) in [6, 6.07) is 14.8. The molecule has 0 unspecified atom stereocenters. The number of hydrogen-bond acceptors (Lipinski definition) is 5. The second-order valence-electron chi connectivity index (χ2n) is 6.10. The highest BCUT2D eigenvalue weighted by Gasteiger charge is 2.30. The standard InChI is InChI=1S/C20H19ClN4O2S/c1-2-13-5-9-16(10-6-13)23-19(27)17-11-18(26)24-20(28-17)25-22-12-14-3-7-15(21)8-4-14/h3-10,12,17H,2,11H2,1H3,(H,23,27)(H,24,25,26)/t17-/m1/s1. The fourth-order valence-electron chi connectivity index (χ4n) is 2.48. The van der Waals surface area contributed by atoms with Gasteiger partial charge in [-0.15, -0.1) is 5.10 Å². The highest BCUT2D eigenvalue weighted by atomic mass is 35.5. The van der Waals surface area contributed by atoms with Gasteiger partial charge >= 0.3 is 0 Å². The number of nitrogens with one attached hydrogen (secondary N) is 2. The quantitative estimate of drug-likeness (QED) is 0.575. The molecule has 1 atom stereocenters. The summed E-state index contributed by atoms with van der Waals surface area (Å²) in [7, 11) is 0. The van der Waals surface area contributed by atoms with Crippen LogP contribution >= 0.6 is 23.4 Å². The van der Waals surface area contributed by atoms with Crippen LogP contribution in [0.3, 0.4) is 0 Å². The van der Waals surface area contributed by atoms with Crippen LogP contribution in [0.1, 0.15) is 24.5 Å².